The molecule has 4 aromatic rings. The summed E-state index contributed by atoms with van der Waals surface area (Å²) in [4.78, 5) is 0. The summed E-state index contributed by atoms with van der Waals surface area (Å²) in [5.41, 5.74) is 2.78. The first-order valence-electron chi connectivity index (χ1n) is 9.29. The molecular weight excluding hydrogens is 385 g/mol. The second-order valence-corrected chi connectivity index (χ2v) is 7.61. The van der Waals surface area contributed by atoms with E-state index in [2.05, 4.69) is 10.2 Å². The lowest BCUT2D eigenvalue weighted by atomic mass is 10.1. The largest absolute Gasteiger partial charge is 0.388 e. The highest BCUT2D eigenvalue weighted by Crippen LogP contribution is 2.28. The van der Waals surface area contributed by atoms with Crippen molar-refractivity contribution in [3.05, 3.63) is 102 Å². The third kappa shape index (κ3) is 4.72. The van der Waals surface area contributed by atoms with E-state index < -0.39 is 6.10 Å². The lowest BCUT2D eigenvalue weighted by Gasteiger charge is -2.13. The molecule has 0 unspecified atom stereocenters. The topological polar surface area (TPSA) is 50.9 Å². The summed E-state index contributed by atoms with van der Waals surface area (Å²) in [7, 11) is 0. The molecule has 146 valence electrons. The Labute approximate surface area is 173 Å². The van der Waals surface area contributed by atoms with Crippen LogP contribution in [0.2, 0.25) is 0 Å². The van der Waals surface area contributed by atoms with Crippen LogP contribution in [0, 0.1) is 5.82 Å². The predicted molar refractivity (Wildman–Crippen MR) is 113 cm³/mol. The van der Waals surface area contributed by atoms with Crippen LogP contribution in [0.5, 0.6) is 0 Å². The lowest BCUT2D eigenvalue weighted by Crippen LogP contribution is -2.06. The Balaban J connectivity index is 1.61. The molecule has 3 aromatic carbocycles. The Morgan fingerprint density at radius 3 is 2.21 bits per heavy atom. The minimum atomic E-state index is -0.600. The van der Waals surface area contributed by atoms with Crippen LogP contribution < -0.4 is 0 Å². The molecule has 0 fully saturated rings. The van der Waals surface area contributed by atoms with Crippen molar-refractivity contribution in [3.63, 3.8) is 0 Å². The number of rotatable bonds is 7. The summed E-state index contributed by atoms with van der Waals surface area (Å²) in [6.07, 6.45) is -0.600. The van der Waals surface area contributed by atoms with Crippen LogP contribution in [0.1, 0.15) is 17.2 Å². The molecule has 1 atom stereocenters. The van der Waals surface area contributed by atoms with Crippen molar-refractivity contribution < 1.29 is 9.50 Å². The maximum Gasteiger partial charge on any atom is 0.191 e. The summed E-state index contributed by atoms with van der Waals surface area (Å²) in [5, 5.41) is 19.9. The van der Waals surface area contributed by atoms with Crippen molar-refractivity contribution in [2.75, 3.05) is 5.75 Å². The van der Waals surface area contributed by atoms with Crippen molar-refractivity contribution in [1.29, 1.82) is 0 Å². The number of hydrogen-bond acceptors (Lipinski definition) is 4. The van der Waals surface area contributed by atoms with Gasteiger partial charge in [0.15, 0.2) is 11.0 Å². The molecule has 0 radical (unpaired) electrons. The maximum atomic E-state index is 13.4. The lowest BCUT2D eigenvalue weighted by molar-refractivity contribution is 0.204. The second kappa shape index (κ2) is 9.03. The van der Waals surface area contributed by atoms with Crippen LogP contribution in [0.3, 0.4) is 0 Å². The van der Waals surface area contributed by atoms with Gasteiger partial charge >= 0.3 is 0 Å². The third-order valence-electron chi connectivity index (χ3n) is 4.56. The van der Waals surface area contributed by atoms with E-state index in [1.165, 1.54) is 23.9 Å². The van der Waals surface area contributed by atoms with Crippen LogP contribution in [0.25, 0.3) is 11.4 Å². The normalized spacial score (nSPS) is 12.1. The molecule has 0 saturated heterocycles. The molecule has 1 N–H and O–H groups in total. The van der Waals surface area contributed by atoms with Crippen LogP contribution in [0.4, 0.5) is 4.39 Å². The molecular formula is C23H20FN3OS. The first-order valence-corrected chi connectivity index (χ1v) is 10.3. The Bertz CT molecular complexity index is 1050. The number of aliphatic hydroxyl groups excluding tert-OH is 1. The molecule has 0 spiro atoms. The monoisotopic (exact) mass is 405 g/mol. The standard InChI is InChI=1S/C23H20FN3OS/c24-20-13-11-19(12-14-20)22-25-26-23(27(22)15-17-7-3-1-4-8-17)29-16-21(28)18-9-5-2-6-10-18/h1-14,21,28H,15-16H2/t21-/m0/s1. The fourth-order valence-electron chi connectivity index (χ4n) is 3.04. The van der Waals surface area contributed by atoms with Crippen molar-refractivity contribution in [2.45, 2.75) is 17.8 Å². The van der Waals surface area contributed by atoms with Gasteiger partial charge in [-0.3, -0.25) is 4.57 Å². The van der Waals surface area contributed by atoms with Gasteiger partial charge in [0.05, 0.1) is 12.6 Å². The fourth-order valence-corrected chi connectivity index (χ4v) is 3.95. The zero-order valence-corrected chi connectivity index (χ0v) is 16.5. The quantitative estimate of drug-likeness (QED) is 0.442. The average molecular weight is 405 g/mol. The zero-order chi connectivity index (χ0) is 20.1. The molecule has 29 heavy (non-hydrogen) atoms. The highest BCUT2D eigenvalue weighted by atomic mass is 32.2. The Kier molecular flexibility index (Phi) is 6.03. The molecule has 0 bridgehead atoms. The van der Waals surface area contributed by atoms with Gasteiger partial charge in [-0.1, -0.05) is 72.4 Å². The second-order valence-electron chi connectivity index (χ2n) is 6.62. The number of hydrogen-bond donors (Lipinski definition) is 1. The molecule has 0 aliphatic rings. The number of aliphatic hydroxyl groups is 1. The van der Waals surface area contributed by atoms with Gasteiger partial charge in [-0.2, -0.15) is 0 Å². The molecule has 0 aliphatic carbocycles. The minimum Gasteiger partial charge on any atom is -0.388 e. The number of thioether (sulfide) groups is 1. The fraction of sp³-hybridized carbons (Fsp3) is 0.130. The Hall–Kier alpha value is -2.96. The van der Waals surface area contributed by atoms with Crippen molar-refractivity contribution in [1.82, 2.24) is 14.8 Å². The van der Waals surface area contributed by atoms with Crippen LogP contribution >= 0.6 is 11.8 Å². The molecule has 4 rings (SSSR count). The van der Waals surface area contributed by atoms with Gasteiger partial charge in [-0.05, 0) is 35.4 Å². The highest BCUT2D eigenvalue weighted by molar-refractivity contribution is 7.99. The summed E-state index contributed by atoms with van der Waals surface area (Å²) < 4.78 is 15.4. The van der Waals surface area contributed by atoms with E-state index in [1.807, 2.05) is 65.2 Å². The van der Waals surface area contributed by atoms with Crippen molar-refractivity contribution in [3.8, 4) is 11.4 Å². The number of nitrogens with zero attached hydrogens (tertiary/aromatic N) is 3. The van der Waals surface area contributed by atoms with Crippen LogP contribution in [-0.4, -0.2) is 25.6 Å². The SMILES string of the molecule is O[C@@H](CSc1nnc(-c2ccc(F)cc2)n1Cc1ccccc1)c1ccccc1. The van der Waals surface area contributed by atoms with Gasteiger partial charge in [-0.25, -0.2) is 4.39 Å². The average Bonchev–Trinajstić information content (AvgIpc) is 3.16. The molecule has 6 heteroatoms. The Morgan fingerprint density at radius 1 is 0.862 bits per heavy atom. The van der Waals surface area contributed by atoms with Gasteiger partial charge in [0.1, 0.15) is 5.82 Å². The molecule has 1 heterocycles. The van der Waals surface area contributed by atoms with Gasteiger partial charge in [0.2, 0.25) is 0 Å². The number of aromatic nitrogens is 3. The molecule has 1 aromatic heterocycles. The summed E-state index contributed by atoms with van der Waals surface area (Å²) in [6, 6.07) is 25.8. The molecule has 4 nitrogen and oxygen atoms in total. The summed E-state index contributed by atoms with van der Waals surface area (Å²) >= 11 is 1.45. The van der Waals surface area contributed by atoms with E-state index in [9.17, 15) is 9.50 Å². The van der Waals surface area contributed by atoms with Gasteiger partial charge in [0.25, 0.3) is 0 Å². The molecule has 0 amide bonds. The summed E-state index contributed by atoms with van der Waals surface area (Å²) in [6.45, 7) is 0.588. The Morgan fingerprint density at radius 2 is 1.52 bits per heavy atom. The van der Waals surface area contributed by atoms with Crippen molar-refractivity contribution in [2.24, 2.45) is 0 Å². The van der Waals surface area contributed by atoms with Crippen LogP contribution in [0.15, 0.2) is 90.1 Å². The van der Waals surface area contributed by atoms with E-state index in [0.717, 1.165) is 16.7 Å². The molecule has 0 saturated carbocycles. The van der Waals surface area contributed by atoms with Crippen molar-refractivity contribution >= 4 is 11.8 Å². The predicted octanol–water partition coefficient (Wildman–Crippen LogP) is 4.96. The third-order valence-corrected chi connectivity index (χ3v) is 5.60. The van der Waals surface area contributed by atoms with Crippen LogP contribution in [-0.2, 0) is 6.54 Å². The van der Waals surface area contributed by atoms with E-state index in [-0.39, 0.29) is 5.82 Å². The number of halogens is 1. The molecule has 0 aliphatic heterocycles. The maximum absolute atomic E-state index is 13.4. The minimum absolute atomic E-state index is 0.288. The van der Waals surface area contributed by atoms with E-state index in [4.69, 9.17) is 0 Å². The highest BCUT2D eigenvalue weighted by Gasteiger charge is 2.17. The van der Waals surface area contributed by atoms with E-state index in [0.29, 0.717) is 23.3 Å². The number of benzene rings is 3. The van der Waals surface area contributed by atoms with Gasteiger partial charge < -0.3 is 5.11 Å². The zero-order valence-electron chi connectivity index (χ0n) is 15.6. The van der Waals surface area contributed by atoms with Gasteiger partial charge in [0, 0.05) is 11.3 Å². The van der Waals surface area contributed by atoms with E-state index in [1.54, 1.807) is 12.1 Å². The smallest absolute Gasteiger partial charge is 0.191 e. The van der Waals surface area contributed by atoms with E-state index >= 15 is 0 Å². The first kappa shape index (κ1) is 19.4. The van der Waals surface area contributed by atoms with Gasteiger partial charge in [-0.15, -0.1) is 10.2 Å². The summed E-state index contributed by atoms with van der Waals surface area (Å²) in [5.74, 6) is 0.842. The first-order chi connectivity index (χ1) is 14.2.